The van der Waals surface area contributed by atoms with Crippen molar-refractivity contribution in [2.24, 2.45) is 0 Å². The van der Waals surface area contributed by atoms with Gasteiger partial charge >= 0.3 is 0 Å². The average Bonchev–Trinajstić information content (AvgIpc) is 2.86. The summed E-state index contributed by atoms with van der Waals surface area (Å²) in [5.41, 5.74) is 1.64. The molecule has 0 saturated carbocycles. The molecule has 0 unspecified atom stereocenters. The topological polar surface area (TPSA) is 0 Å². The van der Waals surface area contributed by atoms with E-state index in [0.29, 0.717) is 5.56 Å². The zero-order valence-corrected chi connectivity index (χ0v) is 11.5. The van der Waals surface area contributed by atoms with Crippen molar-refractivity contribution in [2.75, 3.05) is 0 Å². The Kier molecular flexibility index (Phi) is 2.57. The molecule has 0 amide bonds. The second-order valence-electron chi connectivity index (χ2n) is 4.76. The zero-order chi connectivity index (χ0) is 13.5. The maximum Gasteiger partial charge on any atom is 0.131 e. The second-order valence-corrected chi connectivity index (χ2v) is 5.84. The number of halogens is 1. The lowest BCUT2D eigenvalue weighted by Gasteiger charge is -2.05. The van der Waals surface area contributed by atoms with Crippen molar-refractivity contribution >= 4 is 31.5 Å². The molecule has 0 spiro atoms. The van der Waals surface area contributed by atoms with Gasteiger partial charge in [-0.2, -0.15) is 0 Å². The molecule has 0 nitrogen and oxygen atoms in total. The first kappa shape index (κ1) is 11.6. The molecule has 0 N–H and O–H groups in total. The molecule has 3 aromatic carbocycles. The Morgan fingerprint density at radius 3 is 2.25 bits per heavy atom. The van der Waals surface area contributed by atoms with Gasteiger partial charge in [0.15, 0.2) is 0 Å². The molecule has 0 aliphatic rings. The predicted molar refractivity (Wildman–Crippen MR) is 84.7 cm³/mol. The summed E-state index contributed by atoms with van der Waals surface area (Å²) in [4.78, 5) is 0. The first-order chi connectivity index (χ1) is 9.84. The first-order valence-corrected chi connectivity index (χ1v) is 7.31. The molecule has 0 aliphatic heterocycles. The molecule has 0 bridgehead atoms. The number of benzene rings is 3. The number of rotatable bonds is 1. The van der Waals surface area contributed by atoms with Crippen LogP contribution in [0.1, 0.15) is 0 Å². The van der Waals surface area contributed by atoms with E-state index in [1.165, 1.54) is 20.9 Å². The summed E-state index contributed by atoms with van der Waals surface area (Å²) in [6.45, 7) is 0. The van der Waals surface area contributed by atoms with Crippen LogP contribution in [0.3, 0.4) is 0 Å². The molecule has 2 heteroatoms. The third kappa shape index (κ3) is 1.65. The number of fused-ring (bicyclic) bond motifs is 3. The van der Waals surface area contributed by atoms with Crippen LogP contribution in [0.5, 0.6) is 0 Å². The van der Waals surface area contributed by atoms with Crippen LogP contribution in [0.25, 0.3) is 31.3 Å². The Balaban J connectivity index is 2.17. The van der Waals surface area contributed by atoms with Crippen molar-refractivity contribution < 1.29 is 4.39 Å². The van der Waals surface area contributed by atoms with E-state index in [0.717, 1.165) is 10.9 Å². The average molecular weight is 278 g/mol. The fourth-order valence-electron chi connectivity index (χ4n) is 2.68. The molecular weight excluding hydrogens is 267 g/mol. The van der Waals surface area contributed by atoms with E-state index in [1.54, 1.807) is 17.4 Å². The fourth-order valence-corrected chi connectivity index (χ4v) is 3.81. The quantitative estimate of drug-likeness (QED) is 0.409. The summed E-state index contributed by atoms with van der Waals surface area (Å²) in [5, 5.41) is 2.35. The Morgan fingerprint density at radius 1 is 0.650 bits per heavy atom. The first-order valence-electron chi connectivity index (χ1n) is 6.50. The van der Waals surface area contributed by atoms with Gasteiger partial charge in [-0.1, -0.05) is 48.5 Å². The predicted octanol–water partition coefficient (Wildman–Crippen LogP) is 5.86. The lowest BCUT2D eigenvalue weighted by Crippen LogP contribution is -1.84. The van der Waals surface area contributed by atoms with Crippen LogP contribution >= 0.6 is 11.3 Å². The normalized spacial score (nSPS) is 11.2. The molecule has 4 rings (SSSR count). The van der Waals surface area contributed by atoms with Gasteiger partial charge in [-0.25, -0.2) is 4.39 Å². The van der Waals surface area contributed by atoms with Crippen LogP contribution in [0, 0.1) is 5.82 Å². The highest BCUT2D eigenvalue weighted by molar-refractivity contribution is 7.25. The van der Waals surface area contributed by atoms with Gasteiger partial charge in [0.1, 0.15) is 5.82 Å². The van der Waals surface area contributed by atoms with E-state index in [9.17, 15) is 4.39 Å². The van der Waals surface area contributed by atoms with Gasteiger partial charge in [-0.3, -0.25) is 0 Å². The van der Waals surface area contributed by atoms with Crippen molar-refractivity contribution in [3.63, 3.8) is 0 Å². The smallest absolute Gasteiger partial charge is 0.131 e. The summed E-state index contributed by atoms with van der Waals surface area (Å²) < 4.78 is 16.6. The molecule has 0 saturated heterocycles. The summed E-state index contributed by atoms with van der Waals surface area (Å²) in [7, 11) is 0. The van der Waals surface area contributed by atoms with Gasteiger partial charge in [0, 0.05) is 25.7 Å². The third-order valence-electron chi connectivity index (χ3n) is 3.57. The van der Waals surface area contributed by atoms with Crippen LogP contribution in [-0.2, 0) is 0 Å². The lowest BCUT2D eigenvalue weighted by atomic mass is 9.99. The molecule has 20 heavy (non-hydrogen) atoms. The van der Waals surface area contributed by atoms with Crippen molar-refractivity contribution in [2.45, 2.75) is 0 Å². The van der Waals surface area contributed by atoms with Crippen molar-refractivity contribution in [3.05, 3.63) is 72.5 Å². The van der Waals surface area contributed by atoms with E-state index < -0.39 is 0 Å². The van der Waals surface area contributed by atoms with Crippen molar-refractivity contribution in [1.29, 1.82) is 0 Å². The Bertz CT molecular complexity index is 921. The molecule has 0 fully saturated rings. The molecule has 0 radical (unpaired) electrons. The molecule has 0 aliphatic carbocycles. The molecule has 0 atom stereocenters. The maximum absolute atomic E-state index is 14.1. The van der Waals surface area contributed by atoms with Crippen LogP contribution in [0.15, 0.2) is 66.7 Å². The largest absolute Gasteiger partial charge is 0.206 e. The minimum atomic E-state index is -0.171. The Labute approximate surface area is 120 Å². The van der Waals surface area contributed by atoms with Crippen molar-refractivity contribution in [1.82, 2.24) is 0 Å². The summed E-state index contributed by atoms with van der Waals surface area (Å²) in [5.74, 6) is -0.171. The van der Waals surface area contributed by atoms with Gasteiger partial charge in [-0.05, 0) is 23.8 Å². The molecule has 1 heterocycles. The second kappa shape index (κ2) is 4.43. The molecular formula is C18H11FS. The van der Waals surface area contributed by atoms with Gasteiger partial charge in [0.25, 0.3) is 0 Å². The highest BCUT2D eigenvalue weighted by Gasteiger charge is 2.12. The minimum absolute atomic E-state index is 0.171. The number of hydrogen-bond donors (Lipinski definition) is 0. The highest BCUT2D eigenvalue weighted by Crippen LogP contribution is 2.40. The maximum atomic E-state index is 14.1. The minimum Gasteiger partial charge on any atom is -0.206 e. The van der Waals surface area contributed by atoms with Crippen LogP contribution in [0.4, 0.5) is 4.39 Å². The van der Waals surface area contributed by atoms with Gasteiger partial charge < -0.3 is 0 Å². The summed E-state index contributed by atoms with van der Waals surface area (Å²) in [6, 6.07) is 21.4. The lowest BCUT2D eigenvalue weighted by molar-refractivity contribution is 0.631. The molecule has 96 valence electrons. The van der Waals surface area contributed by atoms with Gasteiger partial charge in [-0.15, -0.1) is 11.3 Å². The SMILES string of the molecule is Fc1ccccc1-c1cccc2sc3ccccc3c12. The van der Waals surface area contributed by atoms with E-state index in [1.807, 2.05) is 36.4 Å². The van der Waals surface area contributed by atoms with Crippen molar-refractivity contribution in [3.8, 4) is 11.1 Å². The van der Waals surface area contributed by atoms with Crippen LogP contribution < -0.4 is 0 Å². The molecule has 1 aromatic heterocycles. The van der Waals surface area contributed by atoms with Gasteiger partial charge in [0.05, 0.1) is 0 Å². The number of thiophene rings is 1. The monoisotopic (exact) mass is 278 g/mol. The standard InChI is InChI=1S/C18H11FS/c19-15-9-3-1-6-12(15)13-8-5-11-17-18(13)14-7-2-4-10-16(14)20-17/h1-11H. The van der Waals surface area contributed by atoms with Gasteiger partial charge in [0.2, 0.25) is 0 Å². The highest BCUT2D eigenvalue weighted by atomic mass is 32.1. The fraction of sp³-hybridized carbons (Fsp3) is 0. The molecule has 4 aromatic rings. The zero-order valence-electron chi connectivity index (χ0n) is 10.6. The Morgan fingerprint density at radius 2 is 1.35 bits per heavy atom. The third-order valence-corrected chi connectivity index (χ3v) is 4.70. The van der Waals surface area contributed by atoms with E-state index in [-0.39, 0.29) is 5.82 Å². The van der Waals surface area contributed by atoms with E-state index in [2.05, 4.69) is 18.2 Å². The summed E-state index contributed by atoms with van der Waals surface area (Å²) >= 11 is 1.75. The van der Waals surface area contributed by atoms with E-state index >= 15 is 0 Å². The van der Waals surface area contributed by atoms with Crippen LogP contribution in [0.2, 0.25) is 0 Å². The Hall–Kier alpha value is -2.19. The van der Waals surface area contributed by atoms with Crippen LogP contribution in [-0.4, -0.2) is 0 Å². The number of hydrogen-bond acceptors (Lipinski definition) is 1. The van der Waals surface area contributed by atoms with E-state index in [4.69, 9.17) is 0 Å². The summed E-state index contributed by atoms with van der Waals surface area (Å²) in [6.07, 6.45) is 0.